The van der Waals surface area contributed by atoms with Crippen LogP contribution < -0.4 is 10.6 Å². The summed E-state index contributed by atoms with van der Waals surface area (Å²) in [6.07, 6.45) is 3.32. The molecule has 0 aliphatic carbocycles. The molecule has 128 valence electrons. The molecule has 0 atom stereocenters. The molecule has 3 aromatic heterocycles. The van der Waals surface area contributed by atoms with E-state index in [-0.39, 0.29) is 11.6 Å². The lowest BCUT2D eigenvalue weighted by atomic mass is 10.2. The molecule has 0 bridgehead atoms. The van der Waals surface area contributed by atoms with Crippen molar-refractivity contribution in [3.8, 4) is 0 Å². The molecule has 0 radical (unpaired) electrons. The van der Waals surface area contributed by atoms with Crippen molar-refractivity contribution in [2.24, 2.45) is 0 Å². The summed E-state index contributed by atoms with van der Waals surface area (Å²) in [4.78, 5) is 20.9. The molecule has 0 saturated heterocycles. The molecule has 4 rings (SSSR count). The third-order valence-corrected chi connectivity index (χ3v) is 3.77. The molecule has 0 saturated carbocycles. The van der Waals surface area contributed by atoms with Crippen LogP contribution >= 0.6 is 0 Å². The quantitative estimate of drug-likeness (QED) is 0.582. The van der Waals surface area contributed by atoms with Crippen LogP contribution in [0.15, 0.2) is 65.4 Å². The summed E-state index contributed by atoms with van der Waals surface area (Å²) in [5.41, 5.74) is 2.71. The van der Waals surface area contributed by atoms with Gasteiger partial charge in [0, 0.05) is 29.5 Å². The number of aromatic nitrogens is 3. The van der Waals surface area contributed by atoms with E-state index in [0.717, 1.165) is 22.3 Å². The molecule has 0 aliphatic heterocycles. The fourth-order valence-electron chi connectivity index (χ4n) is 2.60. The van der Waals surface area contributed by atoms with Gasteiger partial charge in [-0.3, -0.25) is 14.8 Å². The van der Waals surface area contributed by atoms with Crippen LogP contribution in [-0.2, 0) is 0 Å². The van der Waals surface area contributed by atoms with Gasteiger partial charge in [0.05, 0.1) is 11.2 Å². The monoisotopic (exact) mass is 345 g/mol. The van der Waals surface area contributed by atoms with Gasteiger partial charge in [0.15, 0.2) is 5.82 Å². The van der Waals surface area contributed by atoms with Crippen molar-refractivity contribution in [1.82, 2.24) is 15.1 Å². The van der Waals surface area contributed by atoms with E-state index in [4.69, 9.17) is 4.52 Å². The van der Waals surface area contributed by atoms with Crippen LogP contribution in [0.25, 0.3) is 10.9 Å². The first-order valence-corrected chi connectivity index (χ1v) is 8.00. The number of hydrogen-bond acceptors (Lipinski definition) is 6. The lowest BCUT2D eigenvalue weighted by Gasteiger charge is -2.10. The average Bonchev–Trinajstić information content (AvgIpc) is 3.07. The van der Waals surface area contributed by atoms with Gasteiger partial charge in [-0.15, -0.1) is 0 Å². The number of anilines is 3. The standard InChI is InChI=1S/C19H15N5O2/c1-12-10-17(24-26-12)23-19(25)16-11-14(7-9-20-16)22-15-6-2-4-13-5-3-8-21-18(13)15/h2-11H,1H3,(H,20,22)(H,23,24,25). The van der Waals surface area contributed by atoms with E-state index in [1.165, 1.54) is 0 Å². The van der Waals surface area contributed by atoms with Crippen LogP contribution in [0.3, 0.4) is 0 Å². The van der Waals surface area contributed by atoms with Crippen LogP contribution in [0.2, 0.25) is 0 Å². The highest BCUT2D eigenvalue weighted by Crippen LogP contribution is 2.24. The molecule has 4 aromatic rings. The topological polar surface area (TPSA) is 92.9 Å². The molecule has 2 N–H and O–H groups in total. The average molecular weight is 345 g/mol. The molecule has 7 heteroatoms. The van der Waals surface area contributed by atoms with Gasteiger partial charge in [-0.1, -0.05) is 23.4 Å². The maximum absolute atomic E-state index is 12.3. The first-order chi connectivity index (χ1) is 12.7. The van der Waals surface area contributed by atoms with Crippen molar-refractivity contribution in [1.29, 1.82) is 0 Å². The zero-order valence-electron chi connectivity index (χ0n) is 13.9. The van der Waals surface area contributed by atoms with Gasteiger partial charge in [-0.05, 0) is 31.2 Å². The molecule has 7 nitrogen and oxygen atoms in total. The number of amides is 1. The Kier molecular flexibility index (Phi) is 4.03. The van der Waals surface area contributed by atoms with Crippen LogP contribution in [0, 0.1) is 6.92 Å². The molecule has 3 heterocycles. The fourth-order valence-corrected chi connectivity index (χ4v) is 2.60. The van der Waals surface area contributed by atoms with E-state index in [1.807, 2.05) is 30.3 Å². The number of nitrogens with one attached hydrogen (secondary N) is 2. The molecule has 0 spiro atoms. The Bertz CT molecular complexity index is 1080. The number of carbonyl (C=O) groups is 1. The normalized spacial score (nSPS) is 10.7. The highest BCUT2D eigenvalue weighted by molar-refractivity contribution is 6.03. The second kappa shape index (κ2) is 6.64. The zero-order chi connectivity index (χ0) is 17.9. The van der Waals surface area contributed by atoms with Crippen molar-refractivity contribution in [2.75, 3.05) is 10.6 Å². The predicted molar refractivity (Wildman–Crippen MR) is 98.5 cm³/mol. The SMILES string of the molecule is Cc1cc(NC(=O)c2cc(Nc3cccc4cccnc34)ccn2)no1. The summed E-state index contributed by atoms with van der Waals surface area (Å²) in [5, 5.41) is 10.7. The second-order valence-corrected chi connectivity index (χ2v) is 5.71. The van der Waals surface area contributed by atoms with Gasteiger partial charge in [-0.2, -0.15) is 0 Å². The van der Waals surface area contributed by atoms with E-state index in [2.05, 4.69) is 25.8 Å². The highest BCUT2D eigenvalue weighted by Gasteiger charge is 2.11. The number of pyridine rings is 2. The molecule has 1 amide bonds. The van der Waals surface area contributed by atoms with Gasteiger partial charge in [0.2, 0.25) is 0 Å². The van der Waals surface area contributed by atoms with Crippen molar-refractivity contribution >= 4 is 34.0 Å². The minimum atomic E-state index is -0.363. The summed E-state index contributed by atoms with van der Waals surface area (Å²) in [6, 6.07) is 14.9. The number of hydrogen-bond donors (Lipinski definition) is 2. The maximum atomic E-state index is 12.3. The molecule has 0 fully saturated rings. The van der Waals surface area contributed by atoms with Gasteiger partial charge < -0.3 is 15.2 Å². The largest absolute Gasteiger partial charge is 0.360 e. The number of carbonyl (C=O) groups excluding carboxylic acids is 1. The Hall–Kier alpha value is -3.74. The first kappa shape index (κ1) is 15.8. The van der Waals surface area contributed by atoms with Gasteiger partial charge in [-0.25, -0.2) is 0 Å². The molecular weight excluding hydrogens is 330 g/mol. The lowest BCUT2D eigenvalue weighted by molar-refractivity contribution is 0.102. The molecule has 0 unspecified atom stereocenters. The molecular formula is C19H15N5O2. The molecule has 0 aliphatic rings. The van der Waals surface area contributed by atoms with Crippen LogP contribution in [0.1, 0.15) is 16.2 Å². The predicted octanol–water partition coefficient (Wildman–Crippen LogP) is 3.92. The van der Waals surface area contributed by atoms with E-state index >= 15 is 0 Å². The summed E-state index contributed by atoms with van der Waals surface area (Å²) in [7, 11) is 0. The number of aryl methyl sites for hydroxylation is 1. The Morgan fingerprint density at radius 1 is 1.04 bits per heavy atom. The summed E-state index contributed by atoms with van der Waals surface area (Å²) in [5.74, 6) is 0.607. The number of para-hydroxylation sites is 1. The number of rotatable bonds is 4. The minimum absolute atomic E-state index is 0.267. The molecule has 1 aromatic carbocycles. The third kappa shape index (κ3) is 3.23. The first-order valence-electron chi connectivity index (χ1n) is 8.00. The highest BCUT2D eigenvalue weighted by atomic mass is 16.5. The van der Waals surface area contributed by atoms with Gasteiger partial charge in [0.1, 0.15) is 11.5 Å². The van der Waals surface area contributed by atoms with Crippen molar-refractivity contribution < 1.29 is 9.32 Å². The van der Waals surface area contributed by atoms with Crippen LogP contribution in [-0.4, -0.2) is 21.0 Å². The summed E-state index contributed by atoms with van der Waals surface area (Å²) >= 11 is 0. The van der Waals surface area contributed by atoms with E-state index in [0.29, 0.717) is 11.6 Å². The number of nitrogens with zero attached hydrogens (tertiary/aromatic N) is 3. The van der Waals surface area contributed by atoms with Gasteiger partial charge in [0.25, 0.3) is 5.91 Å². The van der Waals surface area contributed by atoms with Crippen molar-refractivity contribution in [2.45, 2.75) is 6.92 Å². The second-order valence-electron chi connectivity index (χ2n) is 5.71. The van der Waals surface area contributed by atoms with E-state index in [9.17, 15) is 4.79 Å². The minimum Gasteiger partial charge on any atom is -0.360 e. The Morgan fingerprint density at radius 3 is 2.77 bits per heavy atom. The Labute approximate surface area is 149 Å². The number of fused-ring (bicyclic) bond motifs is 1. The van der Waals surface area contributed by atoms with Crippen molar-refractivity contribution in [3.05, 3.63) is 72.4 Å². The lowest BCUT2D eigenvalue weighted by Crippen LogP contribution is -2.14. The summed E-state index contributed by atoms with van der Waals surface area (Å²) in [6.45, 7) is 1.75. The van der Waals surface area contributed by atoms with E-state index in [1.54, 1.807) is 37.5 Å². The van der Waals surface area contributed by atoms with E-state index < -0.39 is 0 Å². The summed E-state index contributed by atoms with van der Waals surface area (Å²) < 4.78 is 4.94. The zero-order valence-corrected chi connectivity index (χ0v) is 13.9. The van der Waals surface area contributed by atoms with Crippen LogP contribution in [0.5, 0.6) is 0 Å². The third-order valence-electron chi connectivity index (χ3n) is 3.77. The smallest absolute Gasteiger partial charge is 0.275 e. The Balaban J connectivity index is 1.58. The Morgan fingerprint density at radius 2 is 1.92 bits per heavy atom. The molecule has 26 heavy (non-hydrogen) atoms. The fraction of sp³-hybridized carbons (Fsp3) is 0.0526. The van der Waals surface area contributed by atoms with Crippen LogP contribution in [0.4, 0.5) is 17.2 Å². The van der Waals surface area contributed by atoms with Crippen molar-refractivity contribution in [3.63, 3.8) is 0 Å². The maximum Gasteiger partial charge on any atom is 0.275 e. The number of benzene rings is 1. The van der Waals surface area contributed by atoms with Gasteiger partial charge >= 0.3 is 0 Å².